The molecule has 0 atom stereocenters. The van der Waals surface area contributed by atoms with Crippen molar-refractivity contribution >= 4 is 35.1 Å². The second-order valence-electron chi connectivity index (χ2n) is 5.20. The molecule has 1 aliphatic heterocycles. The van der Waals surface area contributed by atoms with E-state index in [1.807, 2.05) is 0 Å². The minimum atomic E-state index is -0.635. The number of halogens is 1. The van der Waals surface area contributed by atoms with Crippen molar-refractivity contribution in [3.05, 3.63) is 28.8 Å². The molecule has 2 N–H and O–H groups in total. The molecule has 2 rings (SSSR count). The molecule has 7 nitrogen and oxygen atoms in total. The van der Waals surface area contributed by atoms with Gasteiger partial charge in [-0.3, -0.25) is 9.59 Å². The first-order valence-electron chi connectivity index (χ1n) is 7.14. The molecule has 0 unspecified atom stereocenters. The van der Waals surface area contributed by atoms with Gasteiger partial charge in [0, 0.05) is 33.1 Å². The predicted octanol–water partition coefficient (Wildman–Crippen LogP) is 0.770. The summed E-state index contributed by atoms with van der Waals surface area (Å²) in [5, 5.41) is 0.348. The van der Waals surface area contributed by atoms with E-state index in [0.717, 1.165) is 0 Å². The number of amides is 2. The number of benzene rings is 1. The van der Waals surface area contributed by atoms with E-state index < -0.39 is 5.97 Å². The van der Waals surface area contributed by atoms with Crippen molar-refractivity contribution in [3.63, 3.8) is 0 Å². The maximum absolute atomic E-state index is 12.0. The number of piperazine rings is 1. The highest BCUT2D eigenvalue weighted by Crippen LogP contribution is 2.19. The van der Waals surface area contributed by atoms with Gasteiger partial charge in [0.05, 0.1) is 16.3 Å². The average molecular weight is 340 g/mol. The van der Waals surface area contributed by atoms with Gasteiger partial charge in [0.1, 0.15) is 0 Å². The van der Waals surface area contributed by atoms with Crippen LogP contribution in [0.3, 0.4) is 0 Å². The number of hydrogen-bond donors (Lipinski definition) is 1. The van der Waals surface area contributed by atoms with Crippen LogP contribution in [-0.4, -0.2) is 60.4 Å². The fourth-order valence-electron chi connectivity index (χ4n) is 2.24. The quantitative estimate of drug-likeness (QED) is 0.648. The Kier molecular flexibility index (Phi) is 5.44. The predicted molar refractivity (Wildman–Crippen MR) is 85.0 cm³/mol. The van der Waals surface area contributed by atoms with Crippen LogP contribution < -0.4 is 5.73 Å². The van der Waals surface area contributed by atoms with Gasteiger partial charge >= 0.3 is 5.97 Å². The van der Waals surface area contributed by atoms with Crippen LogP contribution in [0.1, 0.15) is 17.3 Å². The van der Waals surface area contributed by atoms with Gasteiger partial charge in [0.2, 0.25) is 5.91 Å². The van der Waals surface area contributed by atoms with E-state index in [-0.39, 0.29) is 29.7 Å². The smallest absolute Gasteiger partial charge is 0.338 e. The summed E-state index contributed by atoms with van der Waals surface area (Å²) >= 11 is 5.78. The lowest BCUT2D eigenvalue weighted by Crippen LogP contribution is -2.51. The fraction of sp³-hybridized carbons (Fsp3) is 0.400. The standard InChI is InChI=1S/C15H18ClN3O4/c1-10(20)18-4-6-19(7-5-18)14(21)9-23-15(22)11-2-3-12(16)13(17)8-11/h2-3,8H,4-7,9,17H2,1H3. The van der Waals surface area contributed by atoms with Crippen molar-refractivity contribution in [2.45, 2.75) is 6.92 Å². The summed E-state index contributed by atoms with van der Waals surface area (Å²) in [6.45, 7) is 3.00. The molecule has 0 aliphatic carbocycles. The van der Waals surface area contributed by atoms with Crippen LogP contribution in [-0.2, 0) is 14.3 Å². The van der Waals surface area contributed by atoms with Gasteiger partial charge in [0.15, 0.2) is 6.61 Å². The van der Waals surface area contributed by atoms with Gasteiger partial charge in [-0.15, -0.1) is 0 Å². The van der Waals surface area contributed by atoms with Crippen LogP contribution >= 0.6 is 11.6 Å². The van der Waals surface area contributed by atoms with E-state index in [1.54, 1.807) is 9.80 Å². The van der Waals surface area contributed by atoms with E-state index in [9.17, 15) is 14.4 Å². The Balaban J connectivity index is 1.83. The lowest BCUT2D eigenvalue weighted by atomic mass is 10.2. The molecule has 1 heterocycles. The summed E-state index contributed by atoms with van der Waals surface area (Å²) in [5.74, 6) is -0.934. The number of rotatable bonds is 3. The first-order chi connectivity index (χ1) is 10.9. The molecule has 0 aromatic heterocycles. The Morgan fingerprint density at radius 1 is 1.17 bits per heavy atom. The van der Waals surface area contributed by atoms with Gasteiger partial charge in [-0.05, 0) is 18.2 Å². The number of nitrogen functional groups attached to an aromatic ring is 1. The van der Waals surface area contributed by atoms with E-state index in [4.69, 9.17) is 22.1 Å². The van der Waals surface area contributed by atoms with Crippen molar-refractivity contribution in [2.75, 3.05) is 38.5 Å². The minimum absolute atomic E-state index is 0.0103. The van der Waals surface area contributed by atoms with Gasteiger partial charge in [-0.1, -0.05) is 11.6 Å². The Morgan fingerprint density at radius 2 is 1.78 bits per heavy atom. The first kappa shape index (κ1) is 17.1. The fourth-order valence-corrected chi connectivity index (χ4v) is 2.36. The second-order valence-corrected chi connectivity index (χ2v) is 5.61. The number of nitrogens with zero attached hydrogens (tertiary/aromatic N) is 2. The topological polar surface area (TPSA) is 92.9 Å². The normalized spacial score (nSPS) is 14.5. The van der Waals surface area contributed by atoms with E-state index in [2.05, 4.69) is 0 Å². The lowest BCUT2D eigenvalue weighted by Gasteiger charge is -2.34. The molecule has 0 radical (unpaired) electrons. The van der Waals surface area contributed by atoms with Crippen molar-refractivity contribution in [3.8, 4) is 0 Å². The summed E-state index contributed by atoms with van der Waals surface area (Å²) in [6, 6.07) is 4.38. The molecular weight excluding hydrogens is 322 g/mol. The number of esters is 1. The average Bonchev–Trinajstić information content (AvgIpc) is 2.54. The van der Waals surface area contributed by atoms with Gasteiger partial charge in [0.25, 0.3) is 5.91 Å². The Labute approximate surface area is 138 Å². The van der Waals surface area contributed by atoms with Crippen molar-refractivity contribution < 1.29 is 19.1 Å². The molecular formula is C15H18ClN3O4. The third-order valence-corrected chi connectivity index (χ3v) is 3.98. The third-order valence-electron chi connectivity index (χ3n) is 3.64. The number of ether oxygens (including phenoxy) is 1. The molecule has 23 heavy (non-hydrogen) atoms. The highest BCUT2D eigenvalue weighted by atomic mass is 35.5. The molecule has 1 aromatic rings. The van der Waals surface area contributed by atoms with Crippen LogP contribution in [0, 0.1) is 0 Å². The first-order valence-corrected chi connectivity index (χ1v) is 7.51. The third kappa shape index (κ3) is 4.35. The zero-order chi connectivity index (χ0) is 17.0. The summed E-state index contributed by atoms with van der Waals surface area (Å²) < 4.78 is 5.00. The van der Waals surface area contributed by atoms with Crippen LogP contribution in [0.4, 0.5) is 5.69 Å². The molecule has 0 bridgehead atoms. The molecule has 2 amide bonds. The molecule has 124 valence electrons. The molecule has 0 saturated carbocycles. The second kappa shape index (κ2) is 7.32. The molecule has 1 fully saturated rings. The zero-order valence-corrected chi connectivity index (χ0v) is 13.5. The van der Waals surface area contributed by atoms with Crippen molar-refractivity contribution in [2.24, 2.45) is 0 Å². The van der Waals surface area contributed by atoms with Gasteiger partial charge < -0.3 is 20.3 Å². The van der Waals surface area contributed by atoms with Crippen LogP contribution in [0.5, 0.6) is 0 Å². The highest BCUT2D eigenvalue weighted by Gasteiger charge is 2.23. The van der Waals surface area contributed by atoms with E-state index in [1.165, 1.54) is 25.1 Å². The van der Waals surface area contributed by atoms with E-state index in [0.29, 0.717) is 31.2 Å². The number of anilines is 1. The Bertz CT molecular complexity index is 627. The zero-order valence-electron chi connectivity index (χ0n) is 12.8. The number of carbonyl (C=O) groups is 3. The number of nitrogens with two attached hydrogens (primary N) is 1. The van der Waals surface area contributed by atoms with Gasteiger partial charge in [-0.25, -0.2) is 4.79 Å². The molecule has 1 aliphatic rings. The van der Waals surface area contributed by atoms with Crippen LogP contribution in [0.15, 0.2) is 18.2 Å². The van der Waals surface area contributed by atoms with Crippen LogP contribution in [0.25, 0.3) is 0 Å². The summed E-state index contributed by atoms with van der Waals surface area (Å²) in [4.78, 5) is 38.4. The van der Waals surface area contributed by atoms with Gasteiger partial charge in [-0.2, -0.15) is 0 Å². The highest BCUT2D eigenvalue weighted by molar-refractivity contribution is 6.33. The maximum atomic E-state index is 12.0. The minimum Gasteiger partial charge on any atom is -0.452 e. The molecule has 1 aromatic carbocycles. The SMILES string of the molecule is CC(=O)N1CCN(C(=O)COC(=O)c2ccc(Cl)c(N)c2)CC1. The number of carbonyl (C=O) groups excluding carboxylic acids is 3. The lowest BCUT2D eigenvalue weighted by molar-refractivity contribution is -0.140. The molecule has 8 heteroatoms. The van der Waals surface area contributed by atoms with Crippen LogP contribution in [0.2, 0.25) is 5.02 Å². The number of hydrogen-bond acceptors (Lipinski definition) is 5. The maximum Gasteiger partial charge on any atom is 0.338 e. The largest absolute Gasteiger partial charge is 0.452 e. The van der Waals surface area contributed by atoms with Crippen molar-refractivity contribution in [1.82, 2.24) is 9.80 Å². The monoisotopic (exact) mass is 339 g/mol. The summed E-state index contributed by atoms with van der Waals surface area (Å²) in [5.41, 5.74) is 6.13. The van der Waals surface area contributed by atoms with Crippen molar-refractivity contribution in [1.29, 1.82) is 0 Å². The Hall–Kier alpha value is -2.28. The summed E-state index contributed by atoms with van der Waals surface area (Å²) in [7, 11) is 0. The molecule has 1 saturated heterocycles. The summed E-state index contributed by atoms with van der Waals surface area (Å²) in [6.07, 6.45) is 0. The van der Waals surface area contributed by atoms with E-state index >= 15 is 0 Å². The molecule has 0 spiro atoms. The Morgan fingerprint density at radius 3 is 2.35 bits per heavy atom.